The number of allylic oxidation sites excluding steroid dienone is 1. The molecule has 5 amide bonds. The predicted molar refractivity (Wildman–Crippen MR) is 245 cm³/mol. The van der Waals surface area contributed by atoms with E-state index in [4.69, 9.17) is 31.9 Å². The van der Waals surface area contributed by atoms with Gasteiger partial charge in [-0.15, -0.1) is 0 Å². The molecule has 0 fully saturated rings. The van der Waals surface area contributed by atoms with Crippen LogP contribution in [0, 0.1) is 25.2 Å². The summed E-state index contributed by atoms with van der Waals surface area (Å²) in [5.41, 5.74) is 23.1. The molecule has 0 radical (unpaired) electrons. The van der Waals surface area contributed by atoms with E-state index in [1.165, 1.54) is 18.9 Å². The Hall–Kier alpha value is -7.20. The first kappa shape index (κ1) is 48.8. The minimum absolute atomic E-state index is 0.000414. The lowest BCUT2D eigenvalue weighted by molar-refractivity contribution is -0.141. The van der Waals surface area contributed by atoms with Crippen LogP contribution in [0.1, 0.15) is 64.7 Å². The highest BCUT2D eigenvalue weighted by Gasteiger charge is 2.36. The number of fused-ring (bicyclic) bond motifs is 5. The maximum Gasteiger partial charge on any atom is 0.255 e. The Morgan fingerprint density at radius 1 is 0.908 bits per heavy atom. The van der Waals surface area contributed by atoms with Crippen molar-refractivity contribution in [2.75, 3.05) is 46.4 Å². The van der Waals surface area contributed by atoms with E-state index in [0.717, 1.165) is 16.7 Å². The molecule has 18 nitrogen and oxygen atoms in total. The number of amides is 5. The average Bonchev–Trinajstić information content (AvgIpc) is 3.28. The van der Waals surface area contributed by atoms with Crippen LogP contribution in [0.3, 0.4) is 0 Å². The molecule has 1 aliphatic rings. The van der Waals surface area contributed by atoms with Gasteiger partial charge in [-0.2, -0.15) is 5.26 Å². The molecule has 4 aromatic rings. The molecule has 2 heterocycles. The zero-order valence-corrected chi connectivity index (χ0v) is 37.3. The number of carbonyl (C=O) groups excluding carboxylic acids is 5. The predicted octanol–water partition coefficient (Wildman–Crippen LogP) is 1.97. The van der Waals surface area contributed by atoms with Crippen LogP contribution in [0.4, 0.5) is 0 Å². The highest BCUT2D eigenvalue weighted by atomic mass is 16.5. The van der Waals surface area contributed by atoms with Crippen LogP contribution in [-0.2, 0) is 25.6 Å². The number of nitrogens with two attached hydrogens (primary N) is 3. The third-order valence-corrected chi connectivity index (χ3v) is 10.7. The van der Waals surface area contributed by atoms with E-state index < -0.39 is 53.7 Å². The number of nitriles is 1. The maximum absolute atomic E-state index is 14.7. The summed E-state index contributed by atoms with van der Waals surface area (Å²) in [5.74, 6) is -2.19. The van der Waals surface area contributed by atoms with Crippen molar-refractivity contribution in [3.05, 3.63) is 101 Å². The zero-order valence-electron chi connectivity index (χ0n) is 37.3. The molecule has 0 spiro atoms. The molecule has 0 saturated carbocycles. The Labute approximate surface area is 378 Å². The normalized spacial score (nSPS) is 16.4. The highest BCUT2D eigenvalue weighted by molar-refractivity contribution is 6.00. The van der Waals surface area contributed by atoms with Gasteiger partial charge in [-0.1, -0.05) is 48.6 Å². The summed E-state index contributed by atoms with van der Waals surface area (Å²) in [5, 5.41) is 19.9. The van der Waals surface area contributed by atoms with Crippen LogP contribution in [0.25, 0.3) is 28.1 Å². The third-order valence-electron chi connectivity index (χ3n) is 10.7. The molecule has 1 aromatic heterocycles. The van der Waals surface area contributed by atoms with Crippen LogP contribution in [0.2, 0.25) is 0 Å². The standard InChI is InChI=1S/C47H57N11O7/c1-26(2)31-8-10-32(11-9-31)42-53-27(3)40(28(4)54-42)45(61)56-36(15-16-48)47(63)58(6)41-33-12-14-39(65-22-19-51)35(25-33)34-23-30(7-13-38(34)64-21-18-50)24-37(44(60)52-20-17-49)57-43(59)29(5)55-46(41)62/h7-14,23,25,29,36-37,41H,1,15-16,18-22,24,48,50-51H2,2-6H3,(H,52,60)(H,55,62)(H,56,61)(H,57,59)/t29-,36?,37-,41-/m0/s1. The van der Waals surface area contributed by atoms with Crippen LogP contribution in [0.15, 0.2) is 67.2 Å². The number of carbonyl (C=O) groups is 5. The average molecular weight is 888 g/mol. The number of hydrogen-bond donors (Lipinski definition) is 7. The van der Waals surface area contributed by atoms with Gasteiger partial charge in [0, 0.05) is 43.2 Å². The van der Waals surface area contributed by atoms with Gasteiger partial charge in [-0.3, -0.25) is 24.0 Å². The van der Waals surface area contributed by atoms with Gasteiger partial charge in [-0.25, -0.2) is 9.97 Å². The van der Waals surface area contributed by atoms with Crippen molar-refractivity contribution in [1.29, 1.82) is 5.26 Å². The first-order chi connectivity index (χ1) is 31.1. The SMILES string of the molecule is C=C(C)c1ccc(-c2nc(C)c(C(=O)NC(CCN)C(=O)N(C)[C@@H]3C(=O)N[C@@H](C)C(=O)N[C@H](C(=O)NCC#N)Cc4ccc(OCCN)c(c4)-c4cc3ccc4OCCN)c(C)n2)cc1. The molecule has 10 N–H and O–H groups in total. The van der Waals surface area contributed by atoms with Crippen molar-refractivity contribution >= 4 is 35.1 Å². The number of aromatic nitrogens is 2. The Bertz CT molecular complexity index is 2450. The van der Waals surface area contributed by atoms with Crippen molar-refractivity contribution in [1.82, 2.24) is 36.1 Å². The number of aryl methyl sites for hydroxylation is 2. The molecule has 4 bridgehead atoms. The Kier molecular flexibility index (Phi) is 16.8. The minimum Gasteiger partial charge on any atom is -0.492 e. The number of rotatable bonds is 16. The smallest absolute Gasteiger partial charge is 0.255 e. The van der Waals surface area contributed by atoms with E-state index in [0.29, 0.717) is 51.0 Å². The number of hydrogen-bond acceptors (Lipinski definition) is 13. The molecule has 3 aromatic carbocycles. The first-order valence-electron chi connectivity index (χ1n) is 21.2. The second-order valence-electron chi connectivity index (χ2n) is 15.6. The number of ether oxygens (including phenoxy) is 2. The minimum atomic E-state index is -1.41. The van der Waals surface area contributed by atoms with Gasteiger partial charge in [0.05, 0.1) is 23.0 Å². The van der Waals surface area contributed by atoms with Gasteiger partial charge in [0.25, 0.3) is 5.91 Å². The lowest BCUT2D eigenvalue weighted by Gasteiger charge is -2.32. The van der Waals surface area contributed by atoms with Gasteiger partial charge < -0.3 is 52.8 Å². The molecule has 0 saturated heterocycles. The van der Waals surface area contributed by atoms with Crippen LogP contribution in [0.5, 0.6) is 11.5 Å². The van der Waals surface area contributed by atoms with Crippen molar-refractivity contribution in [2.45, 2.75) is 64.7 Å². The molecule has 5 rings (SSSR count). The van der Waals surface area contributed by atoms with Gasteiger partial charge in [0.1, 0.15) is 55.4 Å². The molecule has 0 aliphatic carbocycles. The fraction of sp³-hybridized carbons (Fsp3) is 0.362. The Morgan fingerprint density at radius 2 is 1.52 bits per heavy atom. The van der Waals surface area contributed by atoms with E-state index in [-0.39, 0.29) is 57.8 Å². The lowest BCUT2D eigenvalue weighted by atomic mass is 9.93. The summed E-state index contributed by atoms with van der Waals surface area (Å²) >= 11 is 0. The van der Waals surface area contributed by atoms with Crippen molar-refractivity contribution < 1.29 is 33.4 Å². The van der Waals surface area contributed by atoms with Gasteiger partial charge in [0.2, 0.25) is 23.6 Å². The number of nitrogens with one attached hydrogen (secondary N) is 4. The molecular weight excluding hydrogens is 831 g/mol. The number of nitrogens with zero attached hydrogens (tertiary/aromatic N) is 4. The van der Waals surface area contributed by atoms with E-state index in [1.807, 2.05) is 37.3 Å². The Morgan fingerprint density at radius 3 is 2.11 bits per heavy atom. The highest BCUT2D eigenvalue weighted by Crippen LogP contribution is 2.40. The van der Waals surface area contributed by atoms with Gasteiger partial charge >= 0.3 is 0 Å². The summed E-state index contributed by atoms with van der Waals surface area (Å²) in [4.78, 5) is 80.8. The summed E-state index contributed by atoms with van der Waals surface area (Å²) in [7, 11) is 1.41. The zero-order chi connectivity index (χ0) is 47.4. The number of likely N-dealkylation sites (N-methyl/N-ethyl adjacent to an activating group) is 1. The fourth-order valence-electron chi connectivity index (χ4n) is 7.44. The molecule has 342 valence electrons. The summed E-state index contributed by atoms with van der Waals surface area (Å²) in [6.45, 7) is 11.0. The molecule has 1 aliphatic heterocycles. The summed E-state index contributed by atoms with van der Waals surface area (Å²) in [6.07, 6.45) is -0.00521. The Balaban J connectivity index is 1.58. The molecule has 4 atom stereocenters. The molecule has 18 heteroatoms. The largest absolute Gasteiger partial charge is 0.492 e. The summed E-state index contributed by atoms with van der Waals surface area (Å²) in [6, 6.07) is 14.6. The van der Waals surface area contributed by atoms with Crippen LogP contribution < -0.4 is 47.9 Å². The molecular formula is C47H57N11O7. The van der Waals surface area contributed by atoms with E-state index in [1.54, 1.807) is 50.2 Å². The van der Waals surface area contributed by atoms with Crippen molar-refractivity contribution in [3.8, 4) is 40.1 Å². The maximum atomic E-state index is 14.7. The third kappa shape index (κ3) is 11.9. The number of benzene rings is 3. The molecule has 65 heavy (non-hydrogen) atoms. The van der Waals surface area contributed by atoms with E-state index >= 15 is 0 Å². The van der Waals surface area contributed by atoms with Crippen LogP contribution in [-0.4, -0.2) is 109 Å². The van der Waals surface area contributed by atoms with Gasteiger partial charge in [0.15, 0.2) is 5.82 Å². The van der Waals surface area contributed by atoms with Gasteiger partial charge in [-0.05, 0) is 81.6 Å². The van der Waals surface area contributed by atoms with E-state index in [9.17, 15) is 24.0 Å². The van der Waals surface area contributed by atoms with Crippen LogP contribution >= 0.6 is 0 Å². The lowest BCUT2D eigenvalue weighted by Crippen LogP contribution is -2.56. The fourth-order valence-corrected chi connectivity index (χ4v) is 7.44. The second-order valence-corrected chi connectivity index (χ2v) is 15.6. The summed E-state index contributed by atoms with van der Waals surface area (Å²) < 4.78 is 12.2. The second kappa shape index (κ2) is 22.4. The van der Waals surface area contributed by atoms with E-state index in [2.05, 4.69) is 37.8 Å². The molecule has 1 unspecified atom stereocenters. The quantitative estimate of drug-likeness (QED) is 0.0794. The monoisotopic (exact) mass is 887 g/mol. The van der Waals surface area contributed by atoms with Crippen molar-refractivity contribution in [3.63, 3.8) is 0 Å². The topological polar surface area (TPSA) is 283 Å². The van der Waals surface area contributed by atoms with Crippen molar-refractivity contribution in [2.24, 2.45) is 17.2 Å². The first-order valence-corrected chi connectivity index (χ1v) is 21.2.